The van der Waals surface area contributed by atoms with Gasteiger partial charge in [0.05, 0.1) is 4.90 Å². The lowest BCUT2D eigenvalue weighted by atomic mass is 10.1. The molecule has 0 fully saturated rings. The fraction of sp³-hybridized carbons (Fsp3) is 0.238. The first-order valence-corrected chi connectivity index (χ1v) is 12.0. The number of Topliss-reactive ketones (excluding diaryl/α,β-unsaturated/α-hetero) is 1. The topological polar surface area (TPSA) is 120 Å². The molecule has 4 rings (SSSR count). The van der Waals surface area contributed by atoms with E-state index in [0.717, 1.165) is 10.8 Å². The van der Waals surface area contributed by atoms with E-state index in [9.17, 15) is 18.0 Å². The number of benzene rings is 1. The van der Waals surface area contributed by atoms with Gasteiger partial charge in [-0.15, -0.1) is 11.3 Å². The summed E-state index contributed by atoms with van der Waals surface area (Å²) in [5, 5.41) is 2.60. The van der Waals surface area contributed by atoms with Crippen LogP contribution in [0.15, 0.2) is 51.8 Å². The van der Waals surface area contributed by atoms with Gasteiger partial charge in [0, 0.05) is 34.1 Å². The zero-order chi connectivity index (χ0) is 23.0. The van der Waals surface area contributed by atoms with Crippen molar-refractivity contribution >= 4 is 38.9 Å². The highest BCUT2D eigenvalue weighted by Crippen LogP contribution is 2.24. The summed E-state index contributed by atoms with van der Waals surface area (Å²) in [6, 6.07) is 7.08. The summed E-state index contributed by atoms with van der Waals surface area (Å²) in [5.41, 5.74) is 2.39. The molecule has 32 heavy (non-hydrogen) atoms. The highest BCUT2D eigenvalue weighted by Gasteiger charge is 2.31. The van der Waals surface area contributed by atoms with Crippen LogP contribution in [0, 0.1) is 13.8 Å². The number of hydrogen-bond acceptors (Lipinski definition) is 8. The van der Waals surface area contributed by atoms with Crippen molar-refractivity contribution in [3.8, 4) is 5.13 Å². The summed E-state index contributed by atoms with van der Waals surface area (Å²) < 4.78 is 33.7. The van der Waals surface area contributed by atoms with E-state index in [2.05, 4.69) is 14.7 Å². The van der Waals surface area contributed by atoms with Crippen molar-refractivity contribution in [1.82, 2.24) is 14.3 Å². The summed E-state index contributed by atoms with van der Waals surface area (Å²) in [4.78, 5) is 33.6. The molecular weight excluding hydrogens is 452 g/mol. The van der Waals surface area contributed by atoms with E-state index < -0.39 is 28.6 Å². The average molecular weight is 473 g/mol. The third-order valence-electron chi connectivity index (χ3n) is 5.01. The molecule has 1 N–H and O–H groups in total. The largest absolute Gasteiger partial charge is 0.456 e. The van der Waals surface area contributed by atoms with E-state index in [0.29, 0.717) is 16.8 Å². The Kier molecular flexibility index (Phi) is 5.70. The first kappa shape index (κ1) is 21.9. The first-order valence-electron chi connectivity index (χ1n) is 9.67. The predicted molar refractivity (Wildman–Crippen MR) is 119 cm³/mol. The summed E-state index contributed by atoms with van der Waals surface area (Å²) in [6.45, 7) is 4.71. The monoisotopic (exact) mass is 472 g/mol. The van der Waals surface area contributed by atoms with Crippen LogP contribution >= 0.6 is 11.3 Å². The second-order valence-electron chi connectivity index (χ2n) is 7.22. The van der Waals surface area contributed by atoms with Crippen LogP contribution < -0.4 is 4.72 Å². The van der Waals surface area contributed by atoms with Crippen molar-refractivity contribution in [2.24, 2.45) is 4.99 Å². The second kappa shape index (κ2) is 8.32. The number of thiazole rings is 1. The third kappa shape index (κ3) is 3.96. The minimum Gasteiger partial charge on any atom is -0.456 e. The number of ether oxygens (including phenoxy) is 1. The van der Waals surface area contributed by atoms with E-state index in [1.54, 1.807) is 30.5 Å². The number of aliphatic imine (C=N–C) groups is 1. The number of sulfonamides is 1. The summed E-state index contributed by atoms with van der Waals surface area (Å²) in [7, 11) is -3.71. The maximum Gasteiger partial charge on any atom is 0.331 e. The van der Waals surface area contributed by atoms with Crippen LogP contribution in [0.1, 0.15) is 34.2 Å². The number of aryl methyl sites for hydroxylation is 1. The molecule has 0 amide bonds. The molecule has 11 heteroatoms. The Morgan fingerprint density at radius 1 is 1.28 bits per heavy atom. The van der Waals surface area contributed by atoms with E-state index in [1.807, 2.05) is 23.8 Å². The Morgan fingerprint density at radius 3 is 2.75 bits per heavy atom. The maximum absolute atomic E-state index is 12.7. The highest BCUT2D eigenvalue weighted by atomic mass is 32.2. The molecule has 0 saturated carbocycles. The first-order chi connectivity index (χ1) is 15.2. The van der Waals surface area contributed by atoms with Crippen LogP contribution in [-0.4, -0.2) is 48.2 Å². The third-order valence-corrected chi connectivity index (χ3v) is 7.17. The Bertz CT molecular complexity index is 1340. The number of nitrogens with zero attached hydrogens (tertiary/aromatic N) is 3. The van der Waals surface area contributed by atoms with Crippen molar-refractivity contribution in [1.29, 1.82) is 0 Å². The Morgan fingerprint density at radius 2 is 2.03 bits per heavy atom. The molecule has 0 spiro atoms. The zero-order valence-corrected chi connectivity index (χ0v) is 19.2. The maximum atomic E-state index is 12.7. The molecular formula is C21H20N4O5S2. The standard InChI is InChI=1S/C21H20N4O5S2/c1-12-10-16(14(3)25(12)21-22-8-9-31-21)17(26)11-30-20(27)13(2)23-19-15-6-4-5-7-18(15)32(28,29)24-19/h4-10,13H,11H2,1-3H3,(H,23,24). The van der Waals surface area contributed by atoms with Crippen molar-refractivity contribution in [2.75, 3.05) is 6.61 Å². The molecule has 1 aliphatic rings. The molecule has 1 atom stereocenters. The number of amidine groups is 1. The van der Waals surface area contributed by atoms with Gasteiger partial charge in [-0.05, 0) is 39.0 Å². The number of aromatic nitrogens is 2. The van der Waals surface area contributed by atoms with Crippen molar-refractivity contribution in [3.05, 3.63) is 64.4 Å². The van der Waals surface area contributed by atoms with Gasteiger partial charge in [-0.2, -0.15) is 0 Å². The Hall–Kier alpha value is -3.31. The van der Waals surface area contributed by atoms with Gasteiger partial charge in [-0.25, -0.2) is 18.2 Å². The second-order valence-corrected chi connectivity index (χ2v) is 9.74. The van der Waals surface area contributed by atoms with Crippen LogP contribution in [-0.2, 0) is 19.6 Å². The van der Waals surface area contributed by atoms with Crippen molar-refractivity contribution in [2.45, 2.75) is 31.7 Å². The van der Waals surface area contributed by atoms with Crippen LogP contribution in [0.4, 0.5) is 0 Å². The Labute approximate surface area is 188 Å². The van der Waals surface area contributed by atoms with Gasteiger partial charge in [0.2, 0.25) is 5.78 Å². The highest BCUT2D eigenvalue weighted by molar-refractivity contribution is 7.90. The number of carbonyl (C=O) groups is 2. The quantitative estimate of drug-likeness (QED) is 0.435. The molecule has 0 saturated heterocycles. The fourth-order valence-corrected chi connectivity index (χ4v) is 5.47. The minimum absolute atomic E-state index is 0.0726. The SMILES string of the molecule is Cc1cc(C(=O)COC(=O)C(C)N=C2NS(=O)(=O)c3ccccc32)c(C)n1-c1nccs1. The molecule has 1 aliphatic heterocycles. The molecule has 0 radical (unpaired) electrons. The lowest BCUT2D eigenvalue weighted by molar-refractivity contribution is -0.143. The molecule has 1 aromatic carbocycles. The number of rotatable bonds is 6. The Balaban J connectivity index is 1.45. The van der Waals surface area contributed by atoms with Gasteiger partial charge in [-0.3, -0.25) is 19.1 Å². The summed E-state index contributed by atoms with van der Waals surface area (Å²) in [6.07, 6.45) is 1.69. The lowest BCUT2D eigenvalue weighted by Gasteiger charge is -2.09. The molecule has 1 unspecified atom stereocenters. The molecule has 2 aromatic heterocycles. The molecule has 0 aliphatic carbocycles. The van der Waals surface area contributed by atoms with E-state index in [4.69, 9.17) is 4.74 Å². The number of hydrogen-bond donors (Lipinski definition) is 1. The van der Waals surface area contributed by atoms with Gasteiger partial charge < -0.3 is 4.74 Å². The summed E-state index contributed by atoms with van der Waals surface area (Å²) in [5.74, 6) is -1.01. The lowest BCUT2D eigenvalue weighted by Crippen LogP contribution is -2.27. The predicted octanol–water partition coefficient (Wildman–Crippen LogP) is 2.40. The summed E-state index contributed by atoms with van der Waals surface area (Å²) >= 11 is 1.45. The number of ketones is 1. The smallest absolute Gasteiger partial charge is 0.331 e. The van der Waals surface area contributed by atoms with Gasteiger partial charge in [0.25, 0.3) is 10.0 Å². The van der Waals surface area contributed by atoms with Crippen LogP contribution in [0.2, 0.25) is 0 Å². The van der Waals surface area contributed by atoms with Gasteiger partial charge in [0.15, 0.2) is 11.7 Å². The molecule has 9 nitrogen and oxygen atoms in total. The minimum atomic E-state index is -3.71. The van der Waals surface area contributed by atoms with E-state index in [-0.39, 0.29) is 16.5 Å². The van der Waals surface area contributed by atoms with Gasteiger partial charge in [-0.1, -0.05) is 12.1 Å². The number of esters is 1. The van der Waals surface area contributed by atoms with E-state index >= 15 is 0 Å². The molecule has 166 valence electrons. The van der Waals surface area contributed by atoms with Crippen molar-refractivity contribution < 1.29 is 22.7 Å². The van der Waals surface area contributed by atoms with E-state index in [1.165, 1.54) is 24.3 Å². The fourth-order valence-electron chi connectivity index (χ4n) is 3.48. The number of nitrogens with one attached hydrogen (secondary N) is 1. The van der Waals surface area contributed by atoms with Crippen LogP contribution in [0.25, 0.3) is 5.13 Å². The van der Waals surface area contributed by atoms with Crippen LogP contribution in [0.3, 0.4) is 0 Å². The molecule has 3 heterocycles. The number of fused-ring (bicyclic) bond motifs is 1. The van der Waals surface area contributed by atoms with Gasteiger partial charge >= 0.3 is 5.97 Å². The van der Waals surface area contributed by atoms with Gasteiger partial charge in [0.1, 0.15) is 11.9 Å². The zero-order valence-electron chi connectivity index (χ0n) is 17.5. The number of carbonyl (C=O) groups excluding carboxylic acids is 2. The van der Waals surface area contributed by atoms with Crippen molar-refractivity contribution in [3.63, 3.8) is 0 Å². The average Bonchev–Trinajstić information content (AvgIpc) is 3.44. The normalized spacial score (nSPS) is 16.4. The molecule has 0 bridgehead atoms. The molecule has 3 aromatic rings. The van der Waals surface area contributed by atoms with Crippen LogP contribution in [0.5, 0.6) is 0 Å².